The van der Waals surface area contributed by atoms with E-state index in [2.05, 4.69) is 0 Å². The molecule has 7 heteroatoms. The molecule has 0 saturated heterocycles. The molecule has 1 aromatic carbocycles. The maximum absolute atomic E-state index is 12.0. The number of ether oxygens (including phenoxy) is 1. The first-order valence-electron chi connectivity index (χ1n) is 5.39. The molecule has 0 bridgehead atoms. The SMILES string of the molecule is CCOP(=O)(OCC)C(=O)Oc1ccc(Cl)cc1. The fourth-order valence-electron chi connectivity index (χ4n) is 1.14. The lowest BCUT2D eigenvalue weighted by molar-refractivity contribution is 0.185. The first kappa shape index (κ1) is 15.2. The van der Waals surface area contributed by atoms with Crippen LogP contribution < -0.4 is 4.74 Å². The summed E-state index contributed by atoms with van der Waals surface area (Å²) in [4.78, 5) is 11.7. The minimum absolute atomic E-state index is 0.0903. The van der Waals surface area contributed by atoms with Gasteiger partial charge in [-0.2, -0.15) is 0 Å². The van der Waals surface area contributed by atoms with E-state index in [4.69, 9.17) is 25.4 Å². The van der Waals surface area contributed by atoms with Crippen molar-refractivity contribution in [1.82, 2.24) is 0 Å². The van der Waals surface area contributed by atoms with Gasteiger partial charge >= 0.3 is 13.3 Å². The second-order valence-electron chi connectivity index (χ2n) is 3.15. The van der Waals surface area contributed by atoms with Crippen LogP contribution in [0.5, 0.6) is 5.75 Å². The Morgan fingerprint density at radius 2 is 1.67 bits per heavy atom. The van der Waals surface area contributed by atoms with E-state index in [9.17, 15) is 9.36 Å². The molecule has 5 nitrogen and oxygen atoms in total. The Bertz CT molecular complexity index is 435. The topological polar surface area (TPSA) is 61.8 Å². The molecular weight excluding hydrogens is 279 g/mol. The van der Waals surface area contributed by atoms with Gasteiger partial charge in [-0.3, -0.25) is 0 Å². The summed E-state index contributed by atoms with van der Waals surface area (Å²) in [7, 11) is -3.88. The van der Waals surface area contributed by atoms with Crippen LogP contribution in [-0.4, -0.2) is 18.9 Å². The Morgan fingerprint density at radius 1 is 1.17 bits per heavy atom. The predicted octanol–water partition coefficient (Wildman–Crippen LogP) is 4.10. The standard InChI is InChI=1S/C11H14ClO5P/c1-3-15-18(14,16-4-2)11(13)17-10-7-5-9(12)6-8-10/h5-8H,3-4H2,1-2H3. The number of hydrogen-bond acceptors (Lipinski definition) is 5. The highest BCUT2D eigenvalue weighted by atomic mass is 35.5. The molecule has 0 aliphatic heterocycles. The summed E-state index contributed by atoms with van der Waals surface area (Å²) < 4.78 is 26.7. The van der Waals surface area contributed by atoms with Gasteiger partial charge in [0.05, 0.1) is 13.2 Å². The van der Waals surface area contributed by atoms with Gasteiger partial charge in [0.15, 0.2) is 0 Å². The molecule has 0 aromatic heterocycles. The second-order valence-corrected chi connectivity index (χ2v) is 5.47. The van der Waals surface area contributed by atoms with Gasteiger partial charge in [0.1, 0.15) is 5.75 Å². The van der Waals surface area contributed by atoms with Crippen molar-refractivity contribution in [3.8, 4) is 5.75 Å². The summed E-state index contributed by atoms with van der Waals surface area (Å²) in [5.41, 5.74) is -1.03. The van der Waals surface area contributed by atoms with Gasteiger partial charge in [0.2, 0.25) is 0 Å². The Kier molecular flexibility index (Phi) is 5.82. The zero-order valence-electron chi connectivity index (χ0n) is 10.1. The van der Waals surface area contributed by atoms with Crippen molar-refractivity contribution in [3.63, 3.8) is 0 Å². The summed E-state index contributed by atoms with van der Waals surface area (Å²) in [6, 6.07) is 6.08. The van der Waals surface area contributed by atoms with Gasteiger partial charge in [0.25, 0.3) is 0 Å². The zero-order valence-corrected chi connectivity index (χ0v) is 11.7. The molecule has 0 unspecified atom stereocenters. The van der Waals surface area contributed by atoms with E-state index >= 15 is 0 Å². The Labute approximate surface area is 111 Å². The quantitative estimate of drug-likeness (QED) is 0.739. The summed E-state index contributed by atoms with van der Waals surface area (Å²) >= 11 is 5.69. The number of hydrogen-bond donors (Lipinski definition) is 0. The van der Waals surface area contributed by atoms with E-state index in [1.807, 2.05) is 0 Å². The van der Waals surface area contributed by atoms with Gasteiger partial charge in [-0.05, 0) is 38.1 Å². The lowest BCUT2D eigenvalue weighted by Crippen LogP contribution is -2.11. The molecule has 100 valence electrons. The van der Waals surface area contributed by atoms with Crippen LogP contribution in [0.3, 0.4) is 0 Å². The van der Waals surface area contributed by atoms with Crippen molar-refractivity contribution in [2.24, 2.45) is 0 Å². The average molecular weight is 293 g/mol. The van der Waals surface area contributed by atoms with Gasteiger partial charge in [-0.1, -0.05) is 11.6 Å². The van der Waals surface area contributed by atoms with E-state index in [1.165, 1.54) is 12.1 Å². The van der Waals surface area contributed by atoms with E-state index < -0.39 is 13.3 Å². The largest absolute Gasteiger partial charge is 0.438 e. The van der Waals surface area contributed by atoms with Crippen LogP contribution in [0.1, 0.15) is 13.8 Å². The third kappa shape index (κ3) is 4.10. The summed E-state index contributed by atoms with van der Waals surface area (Å²) in [6.45, 7) is 3.41. The summed E-state index contributed by atoms with van der Waals surface area (Å²) in [5, 5.41) is 0.507. The van der Waals surface area contributed by atoms with E-state index in [0.29, 0.717) is 5.02 Å². The van der Waals surface area contributed by atoms with Crippen LogP contribution in [-0.2, 0) is 13.6 Å². The molecule has 0 aliphatic carbocycles. The summed E-state index contributed by atoms with van der Waals surface area (Å²) in [5.74, 6) is 0.226. The van der Waals surface area contributed by atoms with Gasteiger partial charge < -0.3 is 13.8 Å². The van der Waals surface area contributed by atoms with E-state index in [0.717, 1.165) is 0 Å². The molecule has 0 aliphatic rings. The molecule has 0 spiro atoms. The lowest BCUT2D eigenvalue weighted by Gasteiger charge is -2.14. The van der Waals surface area contributed by atoms with Crippen LogP contribution in [0, 0.1) is 0 Å². The molecule has 1 aromatic rings. The number of halogens is 1. The highest BCUT2D eigenvalue weighted by Crippen LogP contribution is 2.49. The number of carbonyl (C=O) groups is 1. The minimum atomic E-state index is -3.88. The normalized spacial score (nSPS) is 11.3. The van der Waals surface area contributed by atoms with Crippen molar-refractivity contribution in [1.29, 1.82) is 0 Å². The molecular formula is C11H14ClO5P. The molecule has 0 atom stereocenters. The fourth-order valence-corrected chi connectivity index (χ4v) is 2.45. The molecule has 18 heavy (non-hydrogen) atoms. The maximum Gasteiger partial charge on any atom is 0.438 e. The van der Waals surface area contributed by atoms with Crippen LogP contribution in [0.25, 0.3) is 0 Å². The summed E-state index contributed by atoms with van der Waals surface area (Å²) in [6.07, 6.45) is 0. The molecule has 0 radical (unpaired) electrons. The number of rotatable bonds is 6. The smallest absolute Gasteiger partial charge is 0.417 e. The van der Waals surface area contributed by atoms with Gasteiger partial charge in [0, 0.05) is 5.02 Å². The maximum atomic E-state index is 12.0. The fraction of sp³-hybridized carbons (Fsp3) is 0.364. The average Bonchev–Trinajstić information content (AvgIpc) is 2.32. The molecule has 0 fully saturated rings. The number of benzene rings is 1. The van der Waals surface area contributed by atoms with Crippen LogP contribution in [0.4, 0.5) is 4.79 Å². The third-order valence-corrected chi connectivity index (χ3v) is 3.83. The Balaban J connectivity index is 2.78. The monoisotopic (exact) mass is 292 g/mol. The Hall–Kier alpha value is -0.870. The number of carbonyl (C=O) groups excluding carboxylic acids is 1. The van der Waals surface area contributed by atoms with E-state index in [-0.39, 0.29) is 19.0 Å². The third-order valence-electron chi connectivity index (χ3n) is 1.84. The molecule has 1 rings (SSSR count). The van der Waals surface area contributed by atoms with Crippen LogP contribution in [0.2, 0.25) is 5.02 Å². The molecule has 0 amide bonds. The van der Waals surface area contributed by atoms with Crippen LogP contribution >= 0.6 is 19.2 Å². The predicted molar refractivity (Wildman–Crippen MR) is 68.3 cm³/mol. The van der Waals surface area contributed by atoms with Crippen molar-refractivity contribution in [2.45, 2.75) is 13.8 Å². The minimum Gasteiger partial charge on any atom is -0.417 e. The highest BCUT2D eigenvalue weighted by molar-refractivity contribution is 7.71. The highest BCUT2D eigenvalue weighted by Gasteiger charge is 2.36. The Morgan fingerprint density at radius 3 is 2.11 bits per heavy atom. The van der Waals surface area contributed by atoms with Crippen LogP contribution in [0.15, 0.2) is 24.3 Å². The molecule has 0 N–H and O–H groups in total. The van der Waals surface area contributed by atoms with Crippen molar-refractivity contribution in [2.75, 3.05) is 13.2 Å². The van der Waals surface area contributed by atoms with Gasteiger partial charge in [-0.15, -0.1) is 0 Å². The lowest BCUT2D eigenvalue weighted by atomic mass is 10.3. The van der Waals surface area contributed by atoms with Gasteiger partial charge in [-0.25, -0.2) is 9.36 Å². The van der Waals surface area contributed by atoms with Crippen molar-refractivity contribution < 1.29 is 23.1 Å². The van der Waals surface area contributed by atoms with E-state index in [1.54, 1.807) is 26.0 Å². The second kappa shape index (κ2) is 6.90. The zero-order chi connectivity index (χ0) is 13.6. The first-order chi connectivity index (χ1) is 8.51. The molecule has 0 saturated carbocycles. The molecule has 0 heterocycles. The van der Waals surface area contributed by atoms with Crippen molar-refractivity contribution >= 4 is 24.9 Å². The van der Waals surface area contributed by atoms with Crippen molar-refractivity contribution in [3.05, 3.63) is 29.3 Å². The first-order valence-corrected chi connectivity index (χ1v) is 7.31.